The topological polar surface area (TPSA) is 38.7 Å². The van der Waals surface area contributed by atoms with Crippen molar-refractivity contribution in [3.05, 3.63) is 40.3 Å². The van der Waals surface area contributed by atoms with Gasteiger partial charge < -0.3 is 4.85 Å². The zero-order chi connectivity index (χ0) is 10.1. The molecule has 0 fully saturated rings. The average molecular weight is 206 g/mol. The first-order valence-corrected chi connectivity index (χ1v) is 4.14. The molecule has 0 aliphatic rings. The lowest BCUT2D eigenvalue weighted by Crippen LogP contribution is -1.89. The number of hydrogen-bond acceptors (Lipinski definition) is 2. The second-order valence-electron chi connectivity index (χ2n) is 2.67. The van der Waals surface area contributed by atoms with Gasteiger partial charge in [0.2, 0.25) is 0 Å². The summed E-state index contributed by atoms with van der Waals surface area (Å²) in [6, 6.07) is 3.06. The van der Waals surface area contributed by atoms with Crippen molar-refractivity contribution in [2.24, 2.45) is 0 Å². The van der Waals surface area contributed by atoms with Gasteiger partial charge in [0.1, 0.15) is 11.3 Å². The Hall–Kier alpha value is -1.86. The molecular formula is C9H4ClN3O. The van der Waals surface area contributed by atoms with Crippen LogP contribution in [0.25, 0.3) is 10.4 Å². The molecule has 0 aliphatic carbocycles. The molecule has 2 aromatic rings. The highest BCUT2D eigenvalue weighted by Crippen LogP contribution is 2.23. The highest BCUT2D eigenvalue weighted by Gasteiger charge is 2.10. The van der Waals surface area contributed by atoms with Gasteiger partial charge >= 0.3 is 0 Å². The minimum Gasteiger partial charge on any atom is -0.362 e. The third kappa shape index (κ3) is 1.15. The summed E-state index contributed by atoms with van der Waals surface area (Å²) in [5, 5.41) is 4.35. The van der Waals surface area contributed by atoms with E-state index in [-0.39, 0.29) is 5.82 Å². The van der Waals surface area contributed by atoms with E-state index in [1.807, 2.05) is 0 Å². The van der Waals surface area contributed by atoms with Crippen molar-refractivity contribution in [3.63, 3.8) is 0 Å². The monoisotopic (exact) mass is 205 g/mol. The first-order chi connectivity index (χ1) is 6.76. The predicted octanol–water partition coefficient (Wildman–Crippen LogP) is 2.35. The van der Waals surface area contributed by atoms with Crippen LogP contribution in [0.4, 0.5) is 5.82 Å². The number of aldehydes is 1. The number of carbonyl (C=O) groups is 1. The summed E-state index contributed by atoms with van der Waals surface area (Å²) in [6.45, 7) is 6.91. The van der Waals surface area contributed by atoms with Crippen LogP contribution in [0.2, 0.25) is 5.02 Å². The molecule has 0 radical (unpaired) electrons. The molecule has 0 saturated carbocycles. The number of nitrogens with zero attached hydrogens (tertiary/aromatic N) is 3. The zero-order valence-electron chi connectivity index (χ0n) is 6.94. The molecule has 0 bridgehead atoms. The molecule has 2 rings (SSSR count). The molecule has 5 heteroatoms. The summed E-state index contributed by atoms with van der Waals surface area (Å²) in [6.07, 6.45) is 2.12. The van der Waals surface area contributed by atoms with Crippen LogP contribution in [-0.4, -0.2) is 15.9 Å². The molecule has 0 atom stereocenters. The molecule has 0 saturated heterocycles. The number of carbonyl (C=O) groups excluding carboxylic acids is 1. The van der Waals surface area contributed by atoms with Gasteiger partial charge in [-0.2, -0.15) is 4.52 Å². The van der Waals surface area contributed by atoms with Gasteiger partial charge in [0, 0.05) is 5.56 Å². The Kier molecular flexibility index (Phi) is 1.95. The Morgan fingerprint density at radius 2 is 2.36 bits per heavy atom. The number of pyridine rings is 1. The van der Waals surface area contributed by atoms with Crippen LogP contribution in [-0.2, 0) is 0 Å². The van der Waals surface area contributed by atoms with Crippen LogP contribution >= 0.6 is 11.6 Å². The molecule has 0 unspecified atom stereocenters. The first-order valence-electron chi connectivity index (χ1n) is 3.76. The number of hydrogen-bond donors (Lipinski definition) is 0. The second kappa shape index (κ2) is 3.13. The lowest BCUT2D eigenvalue weighted by atomic mass is 10.2. The number of rotatable bonds is 1. The van der Waals surface area contributed by atoms with E-state index < -0.39 is 0 Å². The molecule has 0 N–H and O–H groups in total. The van der Waals surface area contributed by atoms with Crippen molar-refractivity contribution in [1.82, 2.24) is 9.61 Å². The van der Waals surface area contributed by atoms with Gasteiger partial charge in [-0.25, -0.2) is 0 Å². The molecule has 4 nitrogen and oxygen atoms in total. The summed E-state index contributed by atoms with van der Waals surface area (Å²) in [4.78, 5) is 13.8. The third-order valence-corrected chi connectivity index (χ3v) is 2.12. The van der Waals surface area contributed by atoms with Gasteiger partial charge in [0.05, 0.1) is 6.20 Å². The van der Waals surface area contributed by atoms with Crippen LogP contribution in [0.15, 0.2) is 18.3 Å². The Labute approximate surface area is 84.5 Å². The lowest BCUT2D eigenvalue weighted by molar-refractivity contribution is 0.112. The number of halogens is 1. The van der Waals surface area contributed by atoms with E-state index in [0.29, 0.717) is 22.4 Å². The quantitative estimate of drug-likeness (QED) is 0.530. The van der Waals surface area contributed by atoms with Crippen LogP contribution < -0.4 is 0 Å². The van der Waals surface area contributed by atoms with Gasteiger partial charge in [-0.05, 0) is 12.1 Å². The summed E-state index contributed by atoms with van der Waals surface area (Å²) in [5.41, 5.74) is 0.994. The van der Waals surface area contributed by atoms with Crippen molar-refractivity contribution < 1.29 is 4.79 Å². The SMILES string of the molecule is [C-]#[N+]c1cc(C=O)cc2c(Cl)cnn12. The van der Waals surface area contributed by atoms with Gasteiger partial charge in [-0.15, -0.1) is 5.10 Å². The molecule has 0 aliphatic heterocycles. The van der Waals surface area contributed by atoms with Crippen molar-refractivity contribution >= 4 is 29.2 Å². The van der Waals surface area contributed by atoms with Crippen LogP contribution in [0.3, 0.4) is 0 Å². The molecule has 0 amide bonds. The minimum absolute atomic E-state index is 0.275. The van der Waals surface area contributed by atoms with Crippen molar-refractivity contribution in [2.75, 3.05) is 0 Å². The average Bonchev–Trinajstić information content (AvgIpc) is 2.59. The summed E-state index contributed by atoms with van der Waals surface area (Å²) in [5.74, 6) is 0.275. The van der Waals surface area contributed by atoms with E-state index in [9.17, 15) is 4.79 Å². The fourth-order valence-corrected chi connectivity index (χ4v) is 1.39. The minimum atomic E-state index is 0.275. The number of fused-ring (bicyclic) bond motifs is 1. The normalized spacial score (nSPS) is 10.0. The van der Waals surface area contributed by atoms with E-state index in [4.69, 9.17) is 18.2 Å². The van der Waals surface area contributed by atoms with Gasteiger partial charge in [0.15, 0.2) is 5.52 Å². The van der Waals surface area contributed by atoms with Crippen LogP contribution in [0, 0.1) is 6.57 Å². The maximum absolute atomic E-state index is 10.6. The molecule has 14 heavy (non-hydrogen) atoms. The van der Waals surface area contributed by atoms with E-state index in [0.717, 1.165) is 0 Å². The van der Waals surface area contributed by atoms with E-state index in [1.54, 1.807) is 6.07 Å². The van der Waals surface area contributed by atoms with E-state index >= 15 is 0 Å². The van der Waals surface area contributed by atoms with Gasteiger partial charge in [-0.3, -0.25) is 4.79 Å². The third-order valence-electron chi connectivity index (χ3n) is 1.83. The molecule has 2 heterocycles. The molecule has 0 aromatic carbocycles. The summed E-state index contributed by atoms with van der Waals surface area (Å²) < 4.78 is 1.41. The fourth-order valence-electron chi connectivity index (χ4n) is 1.21. The van der Waals surface area contributed by atoms with Crippen LogP contribution in [0.1, 0.15) is 10.4 Å². The van der Waals surface area contributed by atoms with E-state index in [2.05, 4.69) is 9.94 Å². The zero-order valence-corrected chi connectivity index (χ0v) is 7.69. The fraction of sp³-hybridized carbons (Fsp3) is 0. The van der Waals surface area contributed by atoms with Crippen molar-refractivity contribution in [2.45, 2.75) is 0 Å². The number of aromatic nitrogens is 2. The van der Waals surface area contributed by atoms with Crippen molar-refractivity contribution in [3.8, 4) is 0 Å². The van der Waals surface area contributed by atoms with E-state index in [1.165, 1.54) is 16.8 Å². The highest BCUT2D eigenvalue weighted by molar-refractivity contribution is 6.33. The predicted molar refractivity (Wildman–Crippen MR) is 51.9 cm³/mol. The largest absolute Gasteiger partial charge is 0.362 e. The molecular weight excluding hydrogens is 202 g/mol. The molecule has 0 spiro atoms. The Morgan fingerprint density at radius 3 is 3.00 bits per heavy atom. The second-order valence-corrected chi connectivity index (χ2v) is 3.07. The standard InChI is InChI=1S/C9H4ClN3O/c1-11-9-3-6(5-14)2-8-7(10)4-12-13(8)9/h2-5H. The first kappa shape index (κ1) is 8.73. The maximum Gasteiger partial charge on any atom is 0.256 e. The smallest absolute Gasteiger partial charge is 0.256 e. The summed E-state index contributed by atoms with van der Waals surface area (Å²) in [7, 11) is 0. The van der Waals surface area contributed by atoms with Crippen LogP contribution in [0.5, 0.6) is 0 Å². The lowest BCUT2D eigenvalue weighted by Gasteiger charge is -1.96. The Balaban J connectivity index is 2.91. The molecule has 2 aromatic heterocycles. The van der Waals surface area contributed by atoms with Gasteiger partial charge in [-0.1, -0.05) is 18.2 Å². The maximum atomic E-state index is 10.6. The highest BCUT2D eigenvalue weighted by atomic mass is 35.5. The van der Waals surface area contributed by atoms with Crippen molar-refractivity contribution in [1.29, 1.82) is 0 Å². The summed E-state index contributed by atoms with van der Waals surface area (Å²) >= 11 is 5.83. The Morgan fingerprint density at radius 1 is 1.57 bits per heavy atom. The molecule has 68 valence electrons. The Bertz CT molecular complexity index is 553. The van der Waals surface area contributed by atoms with Gasteiger partial charge in [0.25, 0.3) is 5.82 Å².